The van der Waals surface area contributed by atoms with Crippen LogP contribution in [0.1, 0.15) is 29.7 Å². The highest BCUT2D eigenvalue weighted by atomic mass is 16.6. The summed E-state index contributed by atoms with van der Waals surface area (Å²) in [5.74, 6) is 1.71. The molecule has 0 aliphatic carbocycles. The second-order valence-electron chi connectivity index (χ2n) is 6.84. The lowest BCUT2D eigenvalue weighted by Crippen LogP contribution is -2.41. The second kappa shape index (κ2) is 7.38. The first-order valence-corrected chi connectivity index (χ1v) is 9.18. The number of nitrogens with one attached hydrogen (secondary N) is 1. The Balaban J connectivity index is 1.34. The van der Waals surface area contributed by atoms with Crippen LogP contribution in [-0.2, 0) is 17.8 Å². The maximum absolute atomic E-state index is 12.6. The third kappa shape index (κ3) is 3.53. The van der Waals surface area contributed by atoms with Crippen molar-refractivity contribution in [2.45, 2.75) is 25.9 Å². The minimum absolute atomic E-state index is 0.0619. The first-order chi connectivity index (χ1) is 12.7. The summed E-state index contributed by atoms with van der Waals surface area (Å²) in [4.78, 5) is 14.5. The fourth-order valence-corrected chi connectivity index (χ4v) is 3.51. The Morgan fingerprint density at radius 3 is 2.73 bits per heavy atom. The van der Waals surface area contributed by atoms with E-state index in [0.717, 1.165) is 30.0 Å². The molecule has 0 bridgehead atoms. The average molecular weight is 352 g/mol. The van der Waals surface area contributed by atoms with Gasteiger partial charge in [-0.1, -0.05) is 30.3 Å². The van der Waals surface area contributed by atoms with Crippen molar-refractivity contribution in [3.8, 4) is 11.5 Å². The SMILES string of the molecule is C[C@H](NCC(=O)N1CCc2ccccc2C1)c1ccc2c(c1)OCCO2. The maximum Gasteiger partial charge on any atom is 0.236 e. The molecule has 0 spiro atoms. The Hall–Kier alpha value is -2.53. The average Bonchev–Trinajstić information content (AvgIpc) is 2.71. The zero-order chi connectivity index (χ0) is 17.9. The van der Waals surface area contributed by atoms with Gasteiger partial charge in [0.25, 0.3) is 0 Å². The molecule has 1 atom stereocenters. The van der Waals surface area contributed by atoms with Gasteiger partial charge in [-0.3, -0.25) is 4.79 Å². The van der Waals surface area contributed by atoms with Crippen molar-refractivity contribution in [3.05, 3.63) is 59.2 Å². The fraction of sp³-hybridized carbons (Fsp3) is 0.381. The van der Waals surface area contributed by atoms with E-state index in [9.17, 15) is 4.79 Å². The van der Waals surface area contributed by atoms with E-state index in [0.29, 0.717) is 26.3 Å². The first-order valence-electron chi connectivity index (χ1n) is 9.18. The highest BCUT2D eigenvalue weighted by molar-refractivity contribution is 5.78. The van der Waals surface area contributed by atoms with Crippen LogP contribution in [0, 0.1) is 0 Å². The highest BCUT2D eigenvalue weighted by Gasteiger charge is 2.21. The summed E-state index contributed by atoms with van der Waals surface area (Å²) in [5, 5.41) is 3.34. The number of hydrogen-bond donors (Lipinski definition) is 1. The van der Waals surface area contributed by atoms with Gasteiger partial charge < -0.3 is 19.7 Å². The zero-order valence-corrected chi connectivity index (χ0v) is 15.0. The molecule has 0 fully saturated rings. The van der Waals surface area contributed by atoms with Crippen molar-refractivity contribution in [1.29, 1.82) is 0 Å². The van der Waals surface area contributed by atoms with Crippen LogP contribution in [0.25, 0.3) is 0 Å². The van der Waals surface area contributed by atoms with E-state index in [1.807, 2.05) is 29.2 Å². The van der Waals surface area contributed by atoms with Crippen LogP contribution in [0.15, 0.2) is 42.5 Å². The van der Waals surface area contributed by atoms with Gasteiger partial charge >= 0.3 is 0 Å². The van der Waals surface area contributed by atoms with Crippen LogP contribution in [-0.4, -0.2) is 37.1 Å². The lowest BCUT2D eigenvalue weighted by molar-refractivity contribution is -0.131. The minimum Gasteiger partial charge on any atom is -0.486 e. The van der Waals surface area contributed by atoms with E-state index in [-0.39, 0.29) is 11.9 Å². The summed E-state index contributed by atoms with van der Waals surface area (Å²) < 4.78 is 11.2. The van der Waals surface area contributed by atoms with Gasteiger partial charge in [-0.2, -0.15) is 0 Å². The van der Waals surface area contributed by atoms with E-state index >= 15 is 0 Å². The van der Waals surface area contributed by atoms with Crippen molar-refractivity contribution in [2.75, 3.05) is 26.3 Å². The summed E-state index contributed by atoms with van der Waals surface area (Å²) in [7, 11) is 0. The molecule has 2 heterocycles. The van der Waals surface area contributed by atoms with Gasteiger partial charge in [-0.05, 0) is 42.2 Å². The van der Waals surface area contributed by atoms with Crippen LogP contribution in [0.4, 0.5) is 0 Å². The van der Waals surface area contributed by atoms with Crippen LogP contribution in [0.5, 0.6) is 11.5 Å². The number of benzene rings is 2. The predicted octanol–water partition coefficient (Wildman–Crippen LogP) is 2.69. The van der Waals surface area contributed by atoms with Crippen LogP contribution in [0.3, 0.4) is 0 Å². The van der Waals surface area contributed by atoms with Crippen molar-refractivity contribution >= 4 is 5.91 Å². The van der Waals surface area contributed by atoms with Gasteiger partial charge in [0.05, 0.1) is 6.54 Å². The Bertz CT molecular complexity index is 806. The molecule has 0 unspecified atom stereocenters. The smallest absolute Gasteiger partial charge is 0.236 e. The third-order valence-electron chi connectivity index (χ3n) is 5.11. The molecule has 4 rings (SSSR count). The molecule has 136 valence electrons. The van der Waals surface area contributed by atoms with Crippen molar-refractivity contribution in [2.24, 2.45) is 0 Å². The topological polar surface area (TPSA) is 50.8 Å². The molecule has 1 N–H and O–H groups in total. The van der Waals surface area contributed by atoms with E-state index in [2.05, 4.69) is 30.4 Å². The van der Waals surface area contributed by atoms with E-state index < -0.39 is 0 Å². The summed E-state index contributed by atoms with van der Waals surface area (Å²) in [6.45, 7) is 5.05. The van der Waals surface area contributed by atoms with Crippen LogP contribution >= 0.6 is 0 Å². The number of hydrogen-bond acceptors (Lipinski definition) is 4. The van der Waals surface area contributed by atoms with Gasteiger partial charge in [0.1, 0.15) is 13.2 Å². The third-order valence-corrected chi connectivity index (χ3v) is 5.11. The number of fused-ring (bicyclic) bond motifs is 2. The number of nitrogens with zero attached hydrogens (tertiary/aromatic N) is 1. The molecular weight excluding hydrogens is 328 g/mol. The molecule has 0 saturated carbocycles. The predicted molar refractivity (Wildman–Crippen MR) is 99.4 cm³/mol. The van der Waals surface area contributed by atoms with Crippen molar-refractivity contribution in [1.82, 2.24) is 10.2 Å². The van der Waals surface area contributed by atoms with Gasteiger partial charge in [0.2, 0.25) is 5.91 Å². The number of ether oxygens (including phenoxy) is 2. The normalized spacial score (nSPS) is 16.7. The molecule has 5 nitrogen and oxygen atoms in total. The largest absolute Gasteiger partial charge is 0.486 e. The fourth-order valence-electron chi connectivity index (χ4n) is 3.51. The molecule has 26 heavy (non-hydrogen) atoms. The van der Waals surface area contributed by atoms with Crippen molar-refractivity contribution < 1.29 is 14.3 Å². The summed E-state index contributed by atoms with van der Waals surface area (Å²) in [5.41, 5.74) is 3.70. The molecule has 0 saturated heterocycles. The lowest BCUT2D eigenvalue weighted by Gasteiger charge is -2.29. The Morgan fingerprint density at radius 2 is 1.88 bits per heavy atom. The summed E-state index contributed by atoms with van der Waals surface area (Å²) in [6, 6.07) is 14.4. The molecule has 0 aromatic heterocycles. The van der Waals surface area contributed by atoms with Gasteiger partial charge in [-0.15, -0.1) is 0 Å². The summed E-state index contributed by atoms with van der Waals surface area (Å²) in [6.07, 6.45) is 0.930. The minimum atomic E-state index is 0.0619. The number of carbonyl (C=O) groups excluding carboxylic acids is 1. The number of rotatable bonds is 4. The molecule has 0 radical (unpaired) electrons. The van der Waals surface area contributed by atoms with Gasteiger partial charge in [0.15, 0.2) is 11.5 Å². The Kier molecular flexibility index (Phi) is 4.80. The van der Waals surface area contributed by atoms with Gasteiger partial charge in [0, 0.05) is 19.1 Å². The monoisotopic (exact) mass is 352 g/mol. The molecule has 2 aromatic carbocycles. The van der Waals surface area contributed by atoms with E-state index in [1.165, 1.54) is 11.1 Å². The van der Waals surface area contributed by atoms with Crippen LogP contribution < -0.4 is 14.8 Å². The molecule has 2 aliphatic heterocycles. The molecular formula is C21H24N2O3. The highest BCUT2D eigenvalue weighted by Crippen LogP contribution is 2.32. The van der Waals surface area contributed by atoms with E-state index in [4.69, 9.17) is 9.47 Å². The van der Waals surface area contributed by atoms with E-state index in [1.54, 1.807) is 0 Å². The quantitative estimate of drug-likeness (QED) is 0.919. The van der Waals surface area contributed by atoms with Crippen molar-refractivity contribution in [3.63, 3.8) is 0 Å². The zero-order valence-electron chi connectivity index (χ0n) is 15.0. The maximum atomic E-state index is 12.6. The molecule has 2 aromatic rings. The van der Waals surface area contributed by atoms with Crippen LogP contribution in [0.2, 0.25) is 0 Å². The Labute approximate surface area is 153 Å². The molecule has 5 heteroatoms. The standard InChI is InChI=1S/C21H24N2O3/c1-15(17-6-7-19-20(12-17)26-11-10-25-19)22-13-21(24)23-9-8-16-4-2-3-5-18(16)14-23/h2-7,12,15,22H,8-11,13-14H2,1H3/t15-/m0/s1. The second-order valence-corrected chi connectivity index (χ2v) is 6.84. The van der Waals surface area contributed by atoms with Gasteiger partial charge in [-0.25, -0.2) is 0 Å². The first kappa shape index (κ1) is 16.9. The molecule has 1 amide bonds. The molecule has 2 aliphatic rings. The Morgan fingerprint density at radius 1 is 1.12 bits per heavy atom. The lowest BCUT2D eigenvalue weighted by atomic mass is 10.00. The summed E-state index contributed by atoms with van der Waals surface area (Å²) >= 11 is 0. The number of carbonyl (C=O) groups is 1. The number of amides is 1.